The number of imide groups is 1. The lowest BCUT2D eigenvalue weighted by atomic mass is 10.1. The summed E-state index contributed by atoms with van der Waals surface area (Å²) in [6, 6.07) is 6.78. The fourth-order valence-corrected chi connectivity index (χ4v) is 1.49. The average molecular weight is 199 g/mol. The van der Waals surface area contributed by atoms with Gasteiger partial charge in [-0.3, -0.25) is 9.59 Å². The number of nitrogens with zero attached hydrogens (tertiary/aromatic N) is 1. The molecule has 0 N–H and O–H groups in total. The van der Waals surface area contributed by atoms with Crippen molar-refractivity contribution in [3.63, 3.8) is 0 Å². The molecule has 1 aliphatic rings. The molecule has 0 saturated carbocycles. The molecule has 0 unspecified atom stereocenters. The van der Waals surface area contributed by atoms with E-state index in [4.69, 9.17) is 0 Å². The van der Waals surface area contributed by atoms with Gasteiger partial charge in [-0.2, -0.15) is 0 Å². The maximum atomic E-state index is 11.7. The predicted octanol–water partition coefficient (Wildman–Crippen LogP) is 1.98. The number of allylic oxidation sites excluding steroid dienone is 2. The van der Waals surface area contributed by atoms with E-state index >= 15 is 0 Å². The van der Waals surface area contributed by atoms with Gasteiger partial charge in [0.05, 0.1) is 11.1 Å². The van der Waals surface area contributed by atoms with E-state index in [0.29, 0.717) is 11.1 Å². The first kappa shape index (κ1) is 9.40. The molecule has 0 fully saturated rings. The minimum atomic E-state index is -0.284. The van der Waals surface area contributed by atoms with Gasteiger partial charge in [-0.1, -0.05) is 24.8 Å². The minimum absolute atomic E-state index is 0.284. The van der Waals surface area contributed by atoms with Gasteiger partial charge in [0, 0.05) is 6.20 Å². The van der Waals surface area contributed by atoms with Crippen LogP contribution in [-0.4, -0.2) is 16.7 Å². The summed E-state index contributed by atoms with van der Waals surface area (Å²) in [4.78, 5) is 24.6. The van der Waals surface area contributed by atoms with Crippen LogP contribution in [0.2, 0.25) is 0 Å². The Balaban J connectivity index is 2.45. The van der Waals surface area contributed by atoms with Crippen LogP contribution in [0, 0.1) is 0 Å². The zero-order valence-electron chi connectivity index (χ0n) is 8.01. The predicted molar refractivity (Wildman–Crippen MR) is 56.3 cm³/mol. The lowest BCUT2D eigenvalue weighted by molar-refractivity contribution is 0.0721. The van der Waals surface area contributed by atoms with Crippen molar-refractivity contribution >= 4 is 11.8 Å². The van der Waals surface area contributed by atoms with Crippen LogP contribution in [0.25, 0.3) is 0 Å². The Labute approximate surface area is 87.3 Å². The van der Waals surface area contributed by atoms with Gasteiger partial charge in [0.2, 0.25) is 0 Å². The monoisotopic (exact) mass is 199 g/mol. The molecule has 0 radical (unpaired) electrons. The summed E-state index contributed by atoms with van der Waals surface area (Å²) in [6.45, 7) is 3.48. The van der Waals surface area contributed by atoms with Crippen LogP contribution in [0.5, 0.6) is 0 Å². The molecule has 1 aliphatic heterocycles. The number of fused-ring (bicyclic) bond motifs is 1. The molecule has 0 spiro atoms. The van der Waals surface area contributed by atoms with Crippen molar-refractivity contribution in [1.82, 2.24) is 4.90 Å². The molecule has 3 heteroatoms. The van der Waals surface area contributed by atoms with Crippen LogP contribution in [0.15, 0.2) is 49.2 Å². The van der Waals surface area contributed by atoms with E-state index in [9.17, 15) is 9.59 Å². The van der Waals surface area contributed by atoms with E-state index in [0.717, 1.165) is 4.90 Å². The number of rotatable bonds is 2. The molecule has 1 aromatic rings. The molecule has 0 bridgehead atoms. The third-order valence-corrected chi connectivity index (χ3v) is 2.20. The Morgan fingerprint density at radius 3 is 2.07 bits per heavy atom. The lowest BCUT2D eigenvalue weighted by Gasteiger charge is -2.05. The Bertz CT molecular complexity index is 439. The number of carbonyl (C=O) groups is 2. The van der Waals surface area contributed by atoms with Gasteiger partial charge in [0.15, 0.2) is 0 Å². The molecule has 74 valence electrons. The van der Waals surface area contributed by atoms with Crippen molar-refractivity contribution < 1.29 is 9.59 Å². The Hall–Kier alpha value is -2.16. The number of amides is 2. The summed E-state index contributed by atoms with van der Waals surface area (Å²) in [5, 5.41) is 0. The van der Waals surface area contributed by atoms with Crippen LogP contribution in [0.4, 0.5) is 0 Å². The van der Waals surface area contributed by atoms with Crippen molar-refractivity contribution in [2.24, 2.45) is 0 Å². The summed E-state index contributed by atoms with van der Waals surface area (Å²) in [5.74, 6) is -0.567. The van der Waals surface area contributed by atoms with Crippen LogP contribution < -0.4 is 0 Å². The van der Waals surface area contributed by atoms with E-state index < -0.39 is 0 Å². The van der Waals surface area contributed by atoms with Crippen molar-refractivity contribution in [3.8, 4) is 0 Å². The van der Waals surface area contributed by atoms with Crippen LogP contribution >= 0.6 is 0 Å². The topological polar surface area (TPSA) is 37.4 Å². The van der Waals surface area contributed by atoms with Gasteiger partial charge >= 0.3 is 0 Å². The third kappa shape index (κ3) is 1.38. The molecule has 0 aromatic heterocycles. The summed E-state index contributed by atoms with van der Waals surface area (Å²) < 4.78 is 0. The Morgan fingerprint density at radius 1 is 1.07 bits per heavy atom. The highest BCUT2D eigenvalue weighted by Crippen LogP contribution is 2.22. The number of carbonyl (C=O) groups excluding carboxylic acids is 2. The highest BCUT2D eigenvalue weighted by atomic mass is 16.2. The second-order valence-corrected chi connectivity index (χ2v) is 3.10. The quantitative estimate of drug-likeness (QED) is 0.539. The number of benzene rings is 1. The zero-order valence-corrected chi connectivity index (χ0v) is 8.01. The molecule has 0 saturated heterocycles. The fraction of sp³-hybridized carbons (Fsp3) is 0. The molecule has 0 atom stereocenters. The van der Waals surface area contributed by atoms with Crippen molar-refractivity contribution in [2.75, 3.05) is 0 Å². The molecule has 15 heavy (non-hydrogen) atoms. The maximum absolute atomic E-state index is 11.7. The Kier molecular flexibility index (Phi) is 2.21. The minimum Gasteiger partial charge on any atom is -0.268 e. The molecule has 2 rings (SSSR count). The van der Waals surface area contributed by atoms with E-state index in [2.05, 4.69) is 6.58 Å². The second kappa shape index (κ2) is 3.53. The van der Waals surface area contributed by atoms with Crippen LogP contribution in [0.3, 0.4) is 0 Å². The lowest BCUT2D eigenvalue weighted by Crippen LogP contribution is -2.23. The molecule has 1 aromatic carbocycles. The molecule has 2 amide bonds. The van der Waals surface area contributed by atoms with Gasteiger partial charge in [-0.25, -0.2) is 4.90 Å². The maximum Gasteiger partial charge on any atom is 0.265 e. The fourth-order valence-electron chi connectivity index (χ4n) is 1.49. The van der Waals surface area contributed by atoms with Gasteiger partial charge in [-0.15, -0.1) is 0 Å². The highest BCUT2D eigenvalue weighted by Gasteiger charge is 2.33. The van der Waals surface area contributed by atoms with Gasteiger partial charge in [0.25, 0.3) is 11.8 Å². The van der Waals surface area contributed by atoms with Crippen molar-refractivity contribution in [3.05, 3.63) is 60.3 Å². The van der Waals surface area contributed by atoms with E-state index in [1.165, 1.54) is 12.3 Å². The standard InChI is InChI=1S/C12H9NO2/c1-2-3-8-13-11(14)9-6-4-5-7-10(9)12(13)15/h2-8H,1H2/b8-3+. The second-order valence-electron chi connectivity index (χ2n) is 3.10. The molecular formula is C12H9NO2. The number of hydrogen-bond acceptors (Lipinski definition) is 2. The molecule has 0 aliphatic carbocycles. The molecule has 1 heterocycles. The van der Waals surface area contributed by atoms with Crippen LogP contribution in [-0.2, 0) is 0 Å². The normalized spacial score (nSPS) is 14.8. The highest BCUT2D eigenvalue weighted by molar-refractivity contribution is 6.22. The van der Waals surface area contributed by atoms with Gasteiger partial charge < -0.3 is 0 Å². The first-order valence-corrected chi connectivity index (χ1v) is 4.52. The van der Waals surface area contributed by atoms with E-state index in [1.54, 1.807) is 30.3 Å². The largest absolute Gasteiger partial charge is 0.268 e. The SMILES string of the molecule is C=C/C=C/N1C(=O)c2ccccc2C1=O. The van der Waals surface area contributed by atoms with Crippen molar-refractivity contribution in [2.45, 2.75) is 0 Å². The third-order valence-electron chi connectivity index (χ3n) is 2.20. The average Bonchev–Trinajstić information content (AvgIpc) is 2.51. The Morgan fingerprint density at radius 2 is 1.60 bits per heavy atom. The van der Waals surface area contributed by atoms with Gasteiger partial charge in [0.1, 0.15) is 0 Å². The van der Waals surface area contributed by atoms with Crippen LogP contribution in [0.1, 0.15) is 20.7 Å². The number of hydrogen-bond donors (Lipinski definition) is 0. The van der Waals surface area contributed by atoms with E-state index in [-0.39, 0.29) is 11.8 Å². The summed E-state index contributed by atoms with van der Waals surface area (Å²) in [6.07, 6.45) is 4.50. The first-order valence-electron chi connectivity index (χ1n) is 4.52. The molecule has 3 nitrogen and oxygen atoms in total. The zero-order chi connectivity index (χ0) is 10.8. The smallest absolute Gasteiger partial charge is 0.265 e. The van der Waals surface area contributed by atoms with Gasteiger partial charge in [-0.05, 0) is 18.2 Å². The van der Waals surface area contributed by atoms with Crippen molar-refractivity contribution in [1.29, 1.82) is 0 Å². The van der Waals surface area contributed by atoms with E-state index in [1.807, 2.05) is 0 Å². The summed E-state index contributed by atoms with van der Waals surface area (Å²) >= 11 is 0. The summed E-state index contributed by atoms with van der Waals surface area (Å²) in [7, 11) is 0. The first-order chi connectivity index (χ1) is 7.25. The summed E-state index contributed by atoms with van der Waals surface area (Å²) in [5.41, 5.74) is 0.910. The molecular weight excluding hydrogens is 190 g/mol.